The van der Waals surface area contributed by atoms with E-state index in [1.807, 2.05) is 17.5 Å². The molecule has 1 aliphatic rings. The van der Waals surface area contributed by atoms with Gasteiger partial charge in [-0.3, -0.25) is 9.79 Å². The van der Waals surface area contributed by atoms with Crippen LogP contribution in [-0.2, 0) is 4.74 Å². The Morgan fingerprint density at radius 1 is 1.15 bits per heavy atom. The smallest absolute Gasteiger partial charge is 0.261 e. The van der Waals surface area contributed by atoms with E-state index in [1.165, 1.54) is 49.9 Å². The number of thiophene rings is 1. The Morgan fingerprint density at radius 2 is 1.85 bits per heavy atom. The van der Waals surface area contributed by atoms with Gasteiger partial charge in [-0.15, -0.1) is 35.3 Å². The number of guanidine groups is 1. The van der Waals surface area contributed by atoms with Crippen LogP contribution >= 0.6 is 35.3 Å². The van der Waals surface area contributed by atoms with Gasteiger partial charge in [0.15, 0.2) is 5.96 Å². The second kappa shape index (κ2) is 15.1. The highest BCUT2D eigenvalue weighted by atomic mass is 127. The molecule has 0 spiro atoms. The molecule has 0 aromatic carbocycles. The highest BCUT2D eigenvalue weighted by Crippen LogP contribution is 2.19. The lowest BCUT2D eigenvalue weighted by Gasteiger charge is -2.16. The quantitative estimate of drug-likeness (QED) is 0.157. The largest absolute Gasteiger partial charge is 0.376 e. The maximum atomic E-state index is 11.8. The van der Waals surface area contributed by atoms with E-state index in [9.17, 15) is 4.79 Å². The van der Waals surface area contributed by atoms with E-state index in [-0.39, 0.29) is 29.9 Å². The number of aliphatic imine (C=N–C) groups is 1. The molecule has 8 heteroatoms. The summed E-state index contributed by atoms with van der Waals surface area (Å²) < 4.78 is 5.97. The zero-order chi connectivity index (χ0) is 18.5. The third kappa shape index (κ3) is 10.3. The van der Waals surface area contributed by atoms with E-state index < -0.39 is 0 Å². The van der Waals surface area contributed by atoms with E-state index in [1.54, 1.807) is 7.05 Å². The van der Waals surface area contributed by atoms with Crippen LogP contribution in [0.25, 0.3) is 0 Å². The molecule has 1 aromatic rings. The van der Waals surface area contributed by atoms with Crippen molar-refractivity contribution in [2.24, 2.45) is 4.99 Å². The average Bonchev–Trinajstić information content (AvgIpc) is 3.08. The summed E-state index contributed by atoms with van der Waals surface area (Å²) in [4.78, 5) is 16.8. The van der Waals surface area contributed by atoms with Crippen molar-refractivity contribution in [3.05, 3.63) is 22.4 Å². The van der Waals surface area contributed by atoms with Crippen molar-refractivity contribution < 1.29 is 9.53 Å². The lowest BCUT2D eigenvalue weighted by Crippen LogP contribution is -2.40. The number of ether oxygens (including phenoxy) is 1. The Bertz CT molecular complexity index is 532. The Kier molecular flexibility index (Phi) is 13.5. The van der Waals surface area contributed by atoms with Gasteiger partial charge in [0.05, 0.1) is 17.6 Å². The second-order valence-electron chi connectivity index (χ2n) is 6.50. The lowest BCUT2D eigenvalue weighted by atomic mass is 10.1. The molecule has 1 heterocycles. The van der Waals surface area contributed by atoms with Crippen LogP contribution in [0.5, 0.6) is 0 Å². The summed E-state index contributed by atoms with van der Waals surface area (Å²) in [6, 6.07) is 3.72. The fourth-order valence-corrected chi connectivity index (χ4v) is 3.66. The second-order valence-corrected chi connectivity index (χ2v) is 7.44. The van der Waals surface area contributed by atoms with E-state index in [2.05, 4.69) is 20.9 Å². The van der Waals surface area contributed by atoms with Gasteiger partial charge in [-0.05, 0) is 30.7 Å². The molecule has 0 aliphatic heterocycles. The van der Waals surface area contributed by atoms with Gasteiger partial charge >= 0.3 is 0 Å². The minimum atomic E-state index is -0.00170. The van der Waals surface area contributed by atoms with Gasteiger partial charge in [-0.1, -0.05) is 31.7 Å². The summed E-state index contributed by atoms with van der Waals surface area (Å²) in [5, 5.41) is 11.4. The number of hydrogen-bond donors (Lipinski definition) is 3. The van der Waals surface area contributed by atoms with E-state index in [0.29, 0.717) is 19.3 Å². The molecule has 0 saturated heterocycles. The zero-order valence-electron chi connectivity index (χ0n) is 16.2. The van der Waals surface area contributed by atoms with Crippen molar-refractivity contribution in [1.29, 1.82) is 0 Å². The Balaban J connectivity index is 0.00000364. The van der Waals surface area contributed by atoms with Gasteiger partial charge in [-0.2, -0.15) is 0 Å². The van der Waals surface area contributed by atoms with E-state index >= 15 is 0 Å². The van der Waals surface area contributed by atoms with Gasteiger partial charge in [0.1, 0.15) is 0 Å². The van der Waals surface area contributed by atoms with Crippen LogP contribution in [0.3, 0.4) is 0 Å². The van der Waals surface area contributed by atoms with Gasteiger partial charge in [0.2, 0.25) is 0 Å². The summed E-state index contributed by atoms with van der Waals surface area (Å²) in [5.41, 5.74) is 0. The van der Waals surface area contributed by atoms with Crippen LogP contribution in [0.4, 0.5) is 0 Å². The van der Waals surface area contributed by atoms with Gasteiger partial charge in [0, 0.05) is 26.7 Å². The molecule has 1 aromatic heterocycles. The molecule has 6 nitrogen and oxygen atoms in total. The first-order valence-corrected chi connectivity index (χ1v) is 10.6. The molecular weight excluding hydrogens is 475 g/mol. The molecule has 2 rings (SSSR count). The van der Waals surface area contributed by atoms with E-state index in [0.717, 1.165) is 30.3 Å². The number of amides is 1. The molecule has 3 N–H and O–H groups in total. The number of hydrogen-bond acceptors (Lipinski definition) is 4. The third-order valence-electron chi connectivity index (χ3n) is 4.45. The summed E-state index contributed by atoms with van der Waals surface area (Å²) in [7, 11) is 1.76. The Hall–Kier alpha value is -0.870. The highest BCUT2D eigenvalue weighted by Gasteiger charge is 2.12. The lowest BCUT2D eigenvalue weighted by molar-refractivity contribution is 0.0468. The number of carbonyl (C=O) groups is 1. The van der Waals surface area contributed by atoms with Crippen molar-refractivity contribution >= 4 is 47.2 Å². The number of nitrogens with one attached hydrogen (secondary N) is 3. The van der Waals surface area contributed by atoms with Crippen LogP contribution in [0.1, 0.15) is 54.6 Å². The fourth-order valence-electron chi connectivity index (χ4n) is 3.02. The fraction of sp³-hybridized carbons (Fsp3) is 0.684. The topological polar surface area (TPSA) is 74.8 Å². The number of rotatable bonds is 9. The monoisotopic (exact) mass is 508 g/mol. The number of halogens is 1. The van der Waals surface area contributed by atoms with Gasteiger partial charge < -0.3 is 20.7 Å². The maximum Gasteiger partial charge on any atom is 0.261 e. The number of nitrogens with zero attached hydrogens (tertiary/aromatic N) is 1. The first-order valence-electron chi connectivity index (χ1n) is 9.67. The molecule has 1 amide bonds. The summed E-state index contributed by atoms with van der Waals surface area (Å²) >= 11 is 1.46. The third-order valence-corrected chi connectivity index (χ3v) is 5.32. The van der Waals surface area contributed by atoms with Crippen molar-refractivity contribution in [3.8, 4) is 0 Å². The summed E-state index contributed by atoms with van der Waals surface area (Å²) in [6.07, 6.45) is 8.96. The Labute approximate surface area is 184 Å². The summed E-state index contributed by atoms with van der Waals surface area (Å²) in [6.45, 7) is 2.87. The van der Waals surface area contributed by atoms with Crippen molar-refractivity contribution in [2.45, 2.75) is 51.0 Å². The molecule has 0 radical (unpaired) electrons. The van der Waals surface area contributed by atoms with E-state index in [4.69, 9.17) is 4.74 Å². The SMILES string of the molecule is CN=C(NCCCNC(=O)c1cccs1)NCCOC1CCCCCC1.I. The van der Waals surface area contributed by atoms with Crippen LogP contribution in [0.15, 0.2) is 22.5 Å². The van der Waals surface area contributed by atoms with Gasteiger partial charge in [0.25, 0.3) is 5.91 Å². The maximum absolute atomic E-state index is 11.8. The summed E-state index contributed by atoms with van der Waals surface area (Å²) in [5.74, 6) is 0.775. The molecule has 27 heavy (non-hydrogen) atoms. The zero-order valence-corrected chi connectivity index (χ0v) is 19.3. The predicted octanol–water partition coefficient (Wildman–Crippen LogP) is 3.39. The predicted molar refractivity (Wildman–Crippen MR) is 123 cm³/mol. The number of carbonyl (C=O) groups excluding carboxylic acids is 1. The van der Waals surface area contributed by atoms with Crippen molar-refractivity contribution in [3.63, 3.8) is 0 Å². The van der Waals surface area contributed by atoms with Crippen LogP contribution in [0, 0.1) is 0 Å². The Morgan fingerprint density at radius 3 is 2.52 bits per heavy atom. The van der Waals surface area contributed by atoms with Crippen LogP contribution in [-0.4, -0.2) is 51.3 Å². The van der Waals surface area contributed by atoms with Crippen molar-refractivity contribution in [2.75, 3.05) is 33.3 Å². The first kappa shape index (κ1) is 24.2. The molecular formula is C19H33IN4O2S. The normalized spacial score (nSPS) is 15.5. The minimum absolute atomic E-state index is 0. The molecule has 1 saturated carbocycles. The molecule has 0 atom stereocenters. The van der Waals surface area contributed by atoms with Crippen LogP contribution in [0.2, 0.25) is 0 Å². The highest BCUT2D eigenvalue weighted by molar-refractivity contribution is 14.0. The van der Waals surface area contributed by atoms with Gasteiger partial charge in [-0.25, -0.2) is 0 Å². The molecule has 0 bridgehead atoms. The molecule has 154 valence electrons. The minimum Gasteiger partial charge on any atom is -0.376 e. The average molecular weight is 508 g/mol. The molecule has 1 fully saturated rings. The molecule has 0 unspecified atom stereocenters. The van der Waals surface area contributed by atoms with Crippen LogP contribution < -0.4 is 16.0 Å². The standard InChI is InChI=1S/C19H32N4O2S.HI/c1-20-19(23-13-14-25-16-8-4-2-3-5-9-16)22-12-7-11-21-18(24)17-10-6-15-26-17;/h6,10,15-16H,2-5,7-9,11-14H2,1H3,(H,21,24)(H2,20,22,23);1H. The first-order chi connectivity index (χ1) is 12.8. The van der Waals surface area contributed by atoms with Crippen molar-refractivity contribution in [1.82, 2.24) is 16.0 Å². The molecule has 1 aliphatic carbocycles.